The molecule has 34 heavy (non-hydrogen) atoms. The van der Waals surface area contributed by atoms with Crippen molar-refractivity contribution in [1.29, 1.82) is 0 Å². The lowest BCUT2D eigenvalue weighted by Gasteiger charge is -2.11. The largest absolute Gasteiger partial charge is 0.454 e. The summed E-state index contributed by atoms with van der Waals surface area (Å²) in [5, 5.41) is 9.82. The maximum atomic E-state index is 12.5. The fraction of sp³-hybridized carbons (Fsp3) is 0.0800. The van der Waals surface area contributed by atoms with Crippen LogP contribution in [-0.4, -0.2) is 22.8 Å². The number of carbonyl (C=O) groups is 1. The normalized spacial score (nSPS) is 12.1. The summed E-state index contributed by atoms with van der Waals surface area (Å²) in [6.07, 6.45) is 0. The number of benzene rings is 2. The van der Waals surface area contributed by atoms with Crippen molar-refractivity contribution in [3.8, 4) is 32.6 Å². The van der Waals surface area contributed by atoms with Crippen molar-refractivity contribution in [2.75, 3.05) is 12.1 Å². The summed E-state index contributed by atoms with van der Waals surface area (Å²) in [6, 6.07) is 19.0. The fourth-order valence-electron chi connectivity index (χ4n) is 3.71. The summed E-state index contributed by atoms with van der Waals surface area (Å²) < 4.78 is 10.7. The fourth-order valence-corrected chi connectivity index (χ4v) is 5.14. The van der Waals surface area contributed by atoms with Crippen LogP contribution in [0.25, 0.3) is 32.2 Å². The van der Waals surface area contributed by atoms with Crippen LogP contribution in [0.15, 0.2) is 71.4 Å². The lowest BCUT2D eigenvalue weighted by Crippen LogP contribution is -2.28. The number of hydrogen-bond acceptors (Lipinski definition) is 7. The molecule has 0 saturated carbocycles. The Morgan fingerprint density at radius 1 is 0.853 bits per heavy atom. The molecule has 0 radical (unpaired) electrons. The van der Waals surface area contributed by atoms with E-state index >= 15 is 0 Å². The highest BCUT2D eigenvalue weighted by Crippen LogP contribution is 2.36. The van der Waals surface area contributed by atoms with Crippen molar-refractivity contribution >= 4 is 45.4 Å². The van der Waals surface area contributed by atoms with Crippen LogP contribution in [0, 0.1) is 0 Å². The average Bonchev–Trinajstić information content (AvgIpc) is 3.64. The average molecular weight is 487 g/mol. The number of urea groups is 1. The molecule has 168 valence electrons. The van der Waals surface area contributed by atoms with E-state index in [1.54, 1.807) is 22.7 Å². The van der Waals surface area contributed by atoms with Crippen LogP contribution in [0.5, 0.6) is 11.5 Å². The Morgan fingerprint density at radius 2 is 1.59 bits per heavy atom. The van der Waals surface area contributed by atoms with Gasteiger partial charge in [0.2, 0.25) is 6.79 Å². The maximum absolute atomic E-state index is 12.5. The van der Waals surface area contributed by atoms with Gasteiger partial charge in [-0.3, -0.25) is 0 Å². The molecule has 5 aromatic rings. The molecule has 7 nitrogen and oxygen atoms in total. The van der Waals surface area contributed by atoms with Crippen molar-refractivity contribution in [2.24, 2.45) is 0 Å². The molecule has 0 bridgehead atoms. The van der Waals surface area contributed by atoms with Gasteiger partial charge in [0.25, 0.3) is 0 Å². The number of rotatable bonds is 5. The number of nitrogens with zero attached hydrogens (tertiary/aromatic N) is 2. The summed E-state index contributed by atoms with van der Waals surface area (Å²) in [5.41, 5.74) is 4.77. The molecular weight excluding hydrogens is 468 g/mol. The van der Waals surface area contributed by atoms with Crippen molar-refractivity contribution < 1.29 is 14.3 Å². The van der Waals surface area contributed by atoms with Gasteiger partial charge in [-0.05, 0) is 58.8 Å². The smallest absolute Gasteiger partial charge is 0.319 e. The zero-order chi connectivity index (χ0) is 22.9. The Bertz CT molecular complexity index is 1480. The highest BCUT2D eigenvalue weighted by atomic mass is 32.1. The number of amides is 2. The summed E-state index contributed by atoms with van der Waals surface area (Å²) in [6.45, 7) is 0.586. The van der Waals surface area contributed by atoms with Crippen LogP contribution >= 0.6 is 22.7 Å². The number of carbonyl (C=O) groups excluding carboxylic acids is 1. The quantitative estimate of drug-likeness (QED) is 0.312. The molecule has 6 rings (SSSR count). The lowest BCUT2D eigenvalue weighted by molar-refractivity contribution is 0.174. The van der Waals surface area contributed by atoms with Gasteiger partial charge >= 0.3 is 6.03 Å². The summed E-state index contributed by atoms with van der Waals surface area (Å²) in [4.78, 5) is 24.5. The number of fused-ring (bicyclic) bond motifs is 2. The van der Waals surface area contributed by atoms with Gasteiger partial charge in [0, 0.05) is 12.2 Å². The molecule has 2 amide bonds. The molecule has 0 spiro atoms. The third kappa shape index (κ3) is 4.07. The SMILES string of the molecule is O=C(NCc1ccc2c(c1)OCO2)Nc1ccc2nc(-c3cccs3)c(-c3cccs3)nc2c1. The molecule has 4 heterocycles. The van der Waals surface area contributed by atoms with Crippen LogP contribution in [0.1, 0.15) is 5.56 Å². The van der Waals surface area contributed by atoms with E-state index in [0.717, 1.165) is 43.5 Å². The van der Waals surface area contributed by atoms with Gasteiger partial charge in [-0.1, -0.05) is 18.2 Å². The van der Waals surface area contributed by atoms with E-state index in [9.17, 15) is 4.79 Å². The highest BCUT2D eigenvalue weighted by Gasteiger charge is 2.16. The topological polar surface area (TPSA) is 85.4 Å². The van der Waals surface area contributed by atoms with Crippen LogP contribution in [0.3, 0.4) is 0 Å². The molecule has 9 heteroatoms. The van der Waals surface area contributed by atoms with Crippen LogP contribution < -0.4 is 20.1 Å². The molecule has 0 atom stereocenters. The van der Waals surface area contributed by atoms with Gasteiger partial charge in [-0.15, -0.1) is 22.7 Å². The van der Waals surface area contributed by atoms with E-state index in [1.807, 2.05) is 65.4 Å². The summed E-state index contributed by atoms with van der Waals surface area (Å²) >= 11 is 3.27. The standard InChI is InChI=1S/C25H18N4O3S2/c30-25(26-13-15-5-8-19-20(11-15)32-14-31-19)27-16-6-7-17-18(12-16)29-24(22-4-2-10-34-22)23(28-17)21-3-1-9-33-21/h1-12H,13-14H2,(H2,26,27,30). The van der Waals surface area contributed by atoms with Crippen molar-refractivity contribution in [3.05, 3.63) is 77.0 Å². The zero-order valence-electron chi connectivity index (χ0n) is 17.8. The Balaban J connectivity index is 1.23. The maximum Gasteiger partial charge on any atom is 0.319 e. The number of aromatic nitrogens is 2. The summed E-state index contributed by atoms with van der Waals surface area (Å²) in [7, 11) is 0. The predicted molar refractivity (Wildman–Crippen MR) is 135 cm³/mol. The first-order valence-corrected chi connectivity index (χ1v) is 12.3. The Hall–Kier alpha value is -3.95. The van der Waals surface area contributed by atoms with E-state index in [4.69, 9.17) is 19.4 Å². The second-order valence-corrected chi connectivity index (χ2v) is 9.47. The third-order valence-electron chi connectivity index (χ3n) is 5.32. The van der Waals surface area contributed by atoms with Crippen LogP contribution in [0.4, 0.5) is 10.5 Å². The lowest BCUT2D eigenvalue weighted by atomic mass is 10.2. The van der Waals surface area contributed by atoms with Crippen molar-refractivity contribution in [3.63, 3.8) is 0 Å². The minimum Gasteiger partial charge on any atom is -0.454 e. The monoisotopic (exact) mass is 486 g/mol. The molecule has 1 aliphatic heterocycles. The second-order valence-electron chi connectivity index (χ2n) is 7.57. The Labute approximate surface area is 203 Å². The van der Waals surface area contributed by atoms with E-state index < -0.39 is 0 Å². The first-order valence-electron chi connectivity index (χ1n) is 10.6. The van der Waals surface area contributed by atoms with Gasteiger partial charge in [-0.2, -0.15) is 0 Å². The number of anilines is 1. The van der Waals surface area contributed by atoms with E-state index in [0.29, 0.717) is 18.0 Å². The van der Waals surface area contributed by atoms with Crippen LogP contribution in [-0.2, 0) is 6.54 Å². The number of ether oxygens (including phenoxy) is 2. The van der Waals surface area contributed by atoms with Crippen molar-refractivity contribution in [1.82, 2.24) is 15.3 Å². The first kappa shape index (κ1) is 20.6. The highest BCUT2D eigenvalue weighted by molar-refractivity contribution is 7.14. The Kier molecular flexibility index (Phi) is 5.32. The van der Waals surface area contributed by atoms with Gasteiger partial charge in [0.05, 0.1) is 20.8 Å². The second kappa shape index (κ2) is 8.77. The minimum atomic E-state index is -0.307. The van der Waals surface area contributed by atoms with Gasteiger partial charge in [0.1, 0.15) is 11.4 Å². The van der Waals surface area contributed by atoms with Gasteiger partial charge in [0.15, 0.2) is 11.5 Å². The van der Waals surface area contributed by atoms with Gasteiger partial charge in [-0.25, -0.2) is 14.8 Å². The molecule has 1 aliphatic rings. The Morgan fingerprint density at radius 3 is 2.32 bits per heavy atom. The van der Waals surface area contributed by atoms with Gasteiger partial charge < -0.3 is 20.1 Å². The molecule has 2 aromatic carbocycles. The molecule has 2 N–H and O–H groups in total. The first-order chi connectivity index (χ1) is 16.7. The molecule has 3 aromatic heterocycles. The molecule has 0 aliphatic carbocycles. The van der Waals surface area contributed by atoms with Crippen LogP contribution in [0.2, 0.25) is 0 Å². The number of thiophene rings is 2. The van der Waals surface area contributed by atoms with E-state index in [-0.39, 0.29) is 12.8 Å². The minimum absolute atomic E-state index is 0.223. The number of nitrogens with one attached hydrogen (secondary N) is 2. The van der Waals surface area contributed by atoms with E-state index in [1.165, 1.54) is 0 Å². The molecular formula is C25H18N4O3S2. The van der Waals surface area contributed by atoms with Crippen molar-refractivity contribution in [2.45, 2.75) is 6.54 Å². The summed E-state index contributed by atoms with van der Waals surface area (Å²) in [5.74, 6) is 1.41. The zero-order valence-corrected chi connectivity index (χ0v) is 19.4. The molecule has 0 unspecified atom stereocenters. The third-order valence-corrected chi connectivity index (χ3v) is 7.07. The predicted octanol–water partition coefficient (Wildman–Crippen LogP) is 6.14. The van der Waals surface area contributed by atoms with E-state index in [2.05, 4.69) is 16.7 Å². The number of hydrogen-bond donors (Lipinski definition) is 2. The molecule has 0 fully saturated rings. The molecule has 0 saturated heterocycles.